The Morgan fingerprint density at radius 2 is 0.478 bits per heavy atom. The molecule has 46 heavy (non-hydrogen) atoms. The fraction of sp³-hybridized carbons (Fsp3) is 0.571. The zero-order chi connectivity index (χ0) is 33.4. The van der Waals surface area contributed by atoms with Gasteiger partial charge in [-0.15, -0.1) is 0 Å². The van der Waals surface area contributed by atoms with Gasteiger partial charge >= 0.3 is 0 Å². The molecule has 0 aliphatic rings. The fourth-order valence-electron chi connectivity index (χ4n) is 4.82. The fourth-order valence-corrected chi connectivity index (χ4v) is 4.82. The van der Waals surface area contributed by atoms with E-state index in [2.05, 4.69) is 97.2 Å². The molecule has 0 saturated carbocycles. The minimum absolute atomic E-state index is 0.215. The van der Waals surface area contributed by atoms with E-state index in [1.165, 1.54) is 77.0 Å². The van der Waals surface area contributed by atoms with Crippen LogP contribution in [0.1, 0.15) is 154 Å². The number of carbonyl (C=O) groups excluding carboxylic acids is 2. The molecule has 0 aromatic carbocycles. The highest BCUT2D eigenvalue weighted by Gasteiger charge is 1.93. The first kappa shape index (κ1) is 42.9. The van der Waals surface area contributed by atoms with Crippen molar-refractivity contribution in [3.05, 3.63) is 97.2 Å². The van der Waals surface area contributed by atoms with Crippen LogP contribution in [-0.2, 0) is 9.59 Å². The molecule has 0 unspecified atom stereocenters. The highest BCUT2D eigenvalue weighted by atomic mass is 16.1. The van der Waals surface area contributed by atoms with Gasteiger partial charge in [0.1, 0.15) is 0 Å². The third-order valence-electron chi connectivity index (χ3n) is 7.55. The number of unbranched alkanes of at least 4 members (excludes halogenated alkanes) is 13. The Hall–Kier alpha value is -3.14. The van der Waals surface area contributed by atoms with Crippen LogP contribution in [0.3, 0.4) is 0 Å². The van der Waals surface area contributed by atoms with Crippen molar-refractivity contribution in [2.75, 3.05) is 0 Å². The van der Waals surface area contributed by atoms with Gasteiger partial charge < -0.3 is 11.5 Å². The average Bonchev–Trinajstić information content (AvgIpc) is 3.03. The van der Waals surface area contributed by atoms with Crippen molar-refractivity contribution in [3.8, 4) is 0 Å². The topological polar surface area (TPSA) is 86.2 Å². The first-order chi connectivity index (χ1) is 22.6. The zero-order valence-corrected chi connectivity index (χ0v) is 29.2. The van der Waals surface area contributed by atoms with Crippen LogP contribution in [0.2, 0.25) is 0 Å². The standard InChI is InChI=1S/C42H68N2O2/c43-41(45)39-37-35-33-31-29-27-25-23-21-19-17-15-13-11-9-7-5-3-1-2-4-6-8-10-12-14-16-18-20-22-24-26-28-30-32-34-36-38-40-42(44)46/h13-16,19-22,25-28,31-34H,1-12,17-18,23-24,29-30,35-40H2,(H2,43,45)(H2,44,46)/b15-13-,16-14-,21-19-,22-20-,27-25-,28-26-,33-31-,34-32-. The summed E-state index contributed by atoms with van der Waals surface area (Å²) in [7, 11) is 0. The van der Waals surface area contributed by atoms with Gasteiger partial charge in [0, 0.05) is 12.8 Å². The lowest BCUT2D eigenvalue weighted by atomic mass is 10.0. The van der Waals surface area contributed by atoms with Crippen molar-refractivity contribution in [2.24, 2.45) is 11.5 Å². The maximum atomic E-state index is 10.7. The van der Waals surface area contributed by atoms with Crippen molar-refractivity contribution >= 4 is 11.8 Å². The van der Waals surface area contributed by atoms with Crippen LogP contribution in [0.5, 0.6) is 0 Å². The second-order valence-electron chi connectivity index (χ2n) is 12.0. The summed E-state index contributed by atoms with van der Waals surface area (Å²) in [5.74, 6) is -0.429. The lowest BCUT2D eigenvalue weighted by Crippen LogP contribution is -2.09. The number of nitrogens with two attached hydrogens (primary N) is 2. The van der Waals surface area contributed by atoms with Gasteiger partial charge in [0.05, 0.1) is 0 Å². The minimum Gasteiger partial charge on any atom is -0.370 e. The molecule has 0 aromatic heterocycles. The van der Waals surface area contributed by atoms with Gasteiger partial charge in [-0.1, -0.05) is 149 Å². The molecule has 0 atom stereocenters. The number of amides is 2. The molecule has 0 rings (SSSR count). The van der Waals surface area contributed by atoms with E-state index in [-0.39, 0.29) is 11.8 Å². The van der Waals surface area contributed by atoms with Crippen molar-refractivity contribution < 1.29 is 9.59 Å². The average molecular weight is 633 g/mol. The summed E-state index contributed by atoms with van der Waals surface area (Å²) in [4.78, 5) is 21.3. The molecule has 2 amide bonds. The second kappa shape index (κ2) is 38.0. The van der Waals surface area contributed by atoms with Gasteiger partial charge in [-0.2, -0.15) is 0 Å². The van der Waals surface area contributed by atoms with Gasteiger partial charge in [0.25, 0.3) is 0 Å². The second-order valence-corrected chi connectivity index (χ2v) is 12.0. The van der Waals surface area contributed by atoms with Crippen LogP contribution in [0, 0.1) is 0 Å². The molecular formula is C42H68N2O2. The predicted octanol–water partition coefficient (Wildman–Crippen LogP) is 11.8. The lowest BCUT2D eigenvalue weighted by molar-refractivity contribution is -0.118. The van der Waals surface area contributed by atoms with Crippen molar-refractivity contribution in [2.45, 2.75) is 154 Å². The van der Waals surface area contributed by atoms with Gasteiger partial charge in [-0.3, -0.25) is 9.59 Å². The summed E-state index contributed by atoms with van der Waals surface area (Å²) in [6, 6.07) is 0. The van der Waals surface area contributed by atoms with E-state index >= 15 is 0 Å². The third kappa shape index (κ3) is 40.9. The number of hydrogen-bond acceptors (Lipinski definition) is 2. The predicted molar refractivity (Wildman–Crippen MR) is 202 cm³/mol. The maximum absolute atomic E-state index is 10.7. The molecule has 4 N–H and O–H groups in total. The van der Waals surface area contributed by atoms with E-state index in [1.54, 1.807) is 0 Å². The van der Waals surface area contributed by atoms with E-state index in [0.717, 1.165) is 64.2 Å². The largest absolute Gasteiger partial charge is 0.370 e. The van der Waals surface area contributed by atoms with Crippen LogP contribution >= 0.6 is 0 Å². The highest BCUT2D eigenvalue weighted by molar-refractivity contribution is 5.73. The summed E-state index contributed by atoms with van der Waals surface area (Å²) in [5.41, 5.74) is 10.3. The molecule has 4 nitrogen and oxygen atoms in total. The van der Waals surface area contributed by atoms with Crippen molar-refractivity contribution in [1.82, 2.24) is 0 Å². The Balaban J connectivity index is 3.36. The normalized spacial score (nSPS) is 12.8. The van der Waals surface area contributed by atoms with Crippen LogP contribution in [-0.4, -0.2) is 11.8 Å². The van der Waals surface area contributed by atoms with E-state index in [0.29, 0.717) is 12.8 Å². The third-order valence-corrected chi connectivity index (χ3v) is 7.55. The van der Waals surface area contributed by atoms with Crippen LogP contribution in [0.25, 0.3) is 0 Å². The zero-order valence-electron chi connectivity index (χ0n) is 29.2. The molecule has 4 heteroatoms. The number of rotatable bonds is 33. The summed E-state index contributed by atoms with van der Waals surface area (Å²) in [5, 5.41) is 0. The molecule has 0 aliphatic carbocycles. The summed E-state index contributed by atoms with van der Waals surface area (Å²) < 4.78 is 0. The van der Waals surface area contributed by atoms with Crippen LogP contribution in [0.4, 0.5) is 0 Å². The minimum atomic E-state index is -0.215. The Kier molecular flexibility index (Phi) is 35.4. The van der Waals surface area contributed by atoms with E-state index < -0.39 is 0 Å². The Morgan fingerprint density at radius 1 is 0.283 bits per heavy atom. The van der Waals surface area contributed by atoms with Crippen LogP contribution < -0.4 is 11.5 Å². The molecule has 0 bridgehead atoms. The van der Waals surface area contributed by atoms with Gasteiger partial charge in [0.2, 0.25) is 11.8 Å². The smallest absolute Gasteiger partial charge is 0.217 e. The molecule has 0 saturated heterocycles. The highest BCUT2D eigenvalue weighted by Crippen LogP contribution is 2.12. The van der Waals surface area contributed by atoms with Gasteiger partial charge in [-0.25, -0.2) is 0 Å². The SMILES string of the molecule is NC(=O)CCC/C=C\C/C=C\C/C=C\C/C=C\CCCCCCCCCCCC/C=C\C/C=C\C/C=C\C/C=C\CCCC(N)=O. The molecule has 0 spiro atoms. The molecule has 0 aromatic rings. The Bertz CT molecular complexity index is 857. The van der Waals surface area contributed by atoms with Gasteiger partial charge in [0.15, 0.2) is 0 Å². The molecule has 0 aliphatic heterocycles. The van der Waals surface area contributed by atoms with Crippen molar-refractivity contribution in [1.29, 1.82) is 0 Å². The van der Waals surface area contributed by atoms with E-state index in [9.17, 15) is 9.59 Å². The Labute approximate surface area is 283 Å². The van der Waals surface area contributed by atoms with E-state index in [1.807, 2.05) is 0 Å². The molecule has 0 fully saturated rings. The lowest BCUT2D eigenvalue weighted by Gasteiger charge is -2.02. The first-order valence-corrected chi connectivity index (χ1v) is 18.4. The van der Waals surface area contributed by atoms with E-state index in [4.69, 9.17) is 11.5 Å². The Morgan fingerprint density at radius 3 is 0.717 bits per heavy atom. The van der Waals surface area contributed by atoms with Gasteiger partial charge in [-0.05, 0) is 89.9 Å². The van der Waals surface area contributed by atoms with Crippen molar-refractivity contribution in [3.63, 3.8) is 0 Å². The number of primary amides is 2. The quantitative estimate of drug-likeness (QED) is 0.0557. The first-order valence-electron chi connectivity index (χ1n) is 18.4. The molecule has 0 heterocycles. The molecular weight excluding hydrogens is 564 g/mol. The summed E-state index contributed by atoms with van der Waals surface area (Å²) >= 11 is 0. The number of allylic oxidation sites excluding steroid dienone is 16. The number of hydrogen-bond donors (Lipinski definition) is 2. The molecule has 258 valence electrons. The summed E-state index contributed by atoms with van der Waals surface area (Å²) in [6.07, 6.45) is 62.2. The molecule has 0 radical (unpaired) electrons. The number of carbonyl (C=O) groups is 2. The monoisotopic (exact) mass is 633 g/mol. The summed E-state index contributed by atoms with van der Waals surface area (Å²) in [6.45, 7) is 0. The maximum Gasteiger partial charge on any atom is 0.217 e. The van der Waals surface area contributed by atoms with Crippen LogP contribution in [0.15, 0.2) is 97.2 Å².